The van der Waals surface area contributed by atoms with Crippen molar-refractivity contribution < 1.29 is 19.0 Å². The number of benzene rings is 2. The summed E-state index contributed by atoms with van der Waals surface area (Å²) in [5.41, 5.74) is 2.00. The van der Waals surface area contributed by atoms with Gasteiger partial charge in [0.2, 0.25) is 0 Å². The summed E-state index contributed by atoms with van der Waals surface area (Å²) in [6.45, 7) is 8.10. The predicted octanol–water partition coefficient (Wildman–Crippen LogP) is 4.29. The summed E-state index contributed by atoms with van der Waals surface area (Å²) in [6, 6.07) is 13.0. The Bertz CT molecular complexity index is 714. The molecule has 0 heterocycles. The molecule has 0 aromatic heterocycles. The van der Waals surface area contributed by atoms with E-state index in [1.165, 1.54) is 0 Å². The van der Waals surface area contributed by atoms with Crippen LogP contribution >= 0.6 is 0 Å². The van der Waals surface area contributed by atoms with Gasteiger partial charge in [-0.3, -0.25) is 0 Å². The summed E-state index contributed by atoms with van der Waals surface area (Å²) in [4.78, 5) is 12.2. The molecule has 0 N–H and O–H groups in total. The third kappa shape index (κ3) is 4.51. The Morgan fingerprint density at radius 1 is 1.00 bits per heavy atom. The number of methoxy groups -OCH3 is 1. The van der Waals surface area contributed by atoms with E-state index in [2.05, 4.69) is 20.8 Å². The van der Waals surface area contributed by atoms with Gasteiger partial charge in [0.25, 0.3) is 0 Å². The lowest BCUT2D eigenvalue weighted by molar-refractivity contribution is -0.136. The lowest BCUT2D eigenvalue weighted by atomic mass is 9.85. The van der Waals surface area contributed by atoms with Gasteiger partial charge < -0.3 is 14.2 Å². The van der Waals surface area contributed by atoms with Crippen LogP contribution in [0.15, 0.2) is 42.5 Å². The van der Waals surface area contributed by atoms with Crippen LogP contribution in [0.4, 0.5) is 0 Å². The standard InChI is InChI=1S/C20H24O4/c1-14-10-11-16(15(12-14)20(2,3)4)24-19(21)13-23-18-9-7-6-8-17(18)22-5/h6-12H,13H2,1-5H3. The first-order valence-electron chi connectivity index (χ1n) is 7.89. The Morgan fingerprint density at radius 2 is 1.67 bits per heavy atom. The summed E-state index contributed by atoms with van der Waals surface area (Å²) >= 11 is 0. The van der Waals surface area contributed by atoms with Gasteiger partial charge in [-0.05, 0) is 30.5 Å². The second-order valence-electron chi connectivity index (χ2n) is 6.66. The summed E-state index contributed by atoms with van der Waals surface area (Å²) in [5, 5.41) is 0. The monoisotopic (exact) mass is 328 g/mol. The molecule has 0 spiro atoms. The molecule has 0 saturated heterocycles. The maximum absolute atomic E-state index is 12.2. The van der Waals surface area contributed by atoms with Crippen molar-refractivity contribution in [3.8, 4) is 17.2 Å². The molecule has 0 atom stereocenters. The third-order valence-corrected chi connectivity index (χ3v) is 3.58. The van der Waals surface area contributed by atoms with Crippen LogP contribution in [0, 0.1) is 6.92 Å². The normalized spacial score (nSPS) is 11.0. The van der Waals surface area contributed by atoms with Crippen molar-refractivity contribution in [3.05, 3.63) is 53.6 Å². The van der Waals surface area contributed by atoms with Gasteiger partial charge in [0, 0.05) is 5.56 Å². The molecule has 0 amide bonds. The van der Waals surface area contributed by atoms with Crippen LogP contribution in [0.3, 0.4) is 0 Å². The van der Waals surface area contributed by atoms with Gasteiger partial charge in [-0.25, -0.2) is 4.79 Å². The van der Waals surface area contributed by atoms with E-state index >= 15 is 0 Å². The molecule has 2 rings (SSSR count). The van der Waals surface area contributed by atoms with Gasteiger partial charge in [-0.1, -0.05) is 50.6 Å². The number of rotatable bonds is 5. The van der Waals surface area contributed by atoms with Crippen molar-refractivity contribution in [2.45, 2.75) is 33.1 Å². The minimum absolute atomic E-state index is 0.120. The van der Waals surface area contributed by atoms with Crippen molar-refractivity contribution >= 4 is 5.97 Å². The summed E-state index contributed by atoms with van der Waals surface area (Å²) in [7, 11) is 1.56. The maximum atomic E-state index is 12.2. The maximum Gasteiger partial charge on any atom is 0.349 e. The van der Waals surface area contributed by atoms with E-state index in [4.69, 9.17) is 14.2 Å². The fourth-order valence-corrected chi connectivity index (χ4v) is 2.35. The largest absolute Gasteiger partial charge is 0.493 e. The number of esters is 1. The molecule has 0 aliphatic heterocycles. The Morgan fingerprint density at radius 3 is 2.29 bits per heavy atom. The van der Waals surface area contributed by atoms with Crippen molar-refractivity contribution in [1.82, 2.24) is 0 Å². The summed E-state index contributed by atoms with van der Waals surface area (Å²) in [5.74, 6) is 1.21. The quantitative estimate of drug-likeness (QED) is 0.607. The number of carbonyl (C=O) groups is 1. The van der Waals surface area contributed by atoms with Crippen LogP contribution in [0.5, 0.6) is 17.2 Å². The van der Waals surface area contributed by atoms with Crippen LogP contribution in [0.25, 0.3) is 0 Å². The highest BCUT2D eigenvalue weighted by atomic mass is 16.6. The van der Waals surface area contributed by atoms with Gasteiger partial charge in [0.15, 0.2) is 18.1 Å². The van der Waals surface area contributed by atoms with E-state index in [1.54, 1.807) is 19.2 Å². The van der Waals surface area contributed by atoms with Gasteiger partial charge in [0.1, 0.15) is 5.75 Å². The summed E-state index contributed by atoms with van der Waals surface area (Å²) in [6.07, 6.45) is 0. The highest BCUT2D eigenvalue weighted by Crippen LogP contribution is 2.32. The molecule has 0 bridgehead atoms. The Kier molecular flexibility index (Phi) is 5.50. The lowest BCUT2D eigenvalue weighted by Gasteiger charge is -2.22. The second-order valence-corrected chi connectivity index (χ2v) is 6.66. The van der Waals surface area contributed by atoms with Gasteiger partial charge in [0.05, 0.1) is 7.11 Å². The number of hydrogen-bond donors (Lipinski definition) is 0. The lowest BCUT2D eigenvalue weighted by Crippen LogP contribution is -2.21. The molecule has 0 unspecified atom stereocenters. The average molecular weight is 328 g/mol. The Hall–Kier alpha value is -2.49. The zero-order chi connectivity index (χ0) is 17.7. The smallest absolute Gasteiger partial charge is 0.349 e. The predicted molar refractivity (Wildman–Crippen MR) is 94.0 cm³/mol. The first-order chi connectivity index (χ1) is 11.3. The molecule has 0 radical (unpaired) electrons. The van der Waals surface area contributed by atoms with Crippen LogP contribution in [-0.4, -0.2) is 19.7 Å². The molecule has 0 saturated carbocycles. The molecule has 0 fully saturated rings. The van der Waals surface area contributed by atoms with E-state index in [0.29, 0.717) is 17.2 Å². The topological polar surface area (TPSA) is 44.8 Å². The van der Waals surface area contributed by atoms with Crippen molar-refractivity contribution in [3.63, 3.8) is 0 Å². The molecule has 4 nitrogen and oxygen atoms in total. The fraction of sp³-hybridized carbons (Fsp3) is 0.350. The molecular formula is C20H24O4. The van der Waals surface area contributed by atoms with Gasteiger partial charge >= 0.3 is 5.97 Å². The molecular weight excluding hydrogens is 304 g/mol. The zero-order valence-corrected chi connectivity index (χ0v) is 14.9. The molecule has 4 heteroatoms. The molecule has 0 aliphatic carbocycles. The van der Waals surface area contributed by atoms with Gasteiger partial charge in [-0.15, -0.1) is 0 Å². The number of carbonyl (C=O) groups excluding carboxylic acids is 1. The number of hydrogen-bond acceptors (Lipinski definition) is 4. The highest BCUT2D eigenvalue weighted by Gasteiger charge is 2.21. The molecule has 24 heavy (non-hydrogen) atoms. The van der Waals surface area contributed by atoms with Crippen LogP contribution in [0.2, 0.25) is 0 Å². The van der Waals surface area contributed by atoms with Crippen molar-refractivity contribution in [2.75, 3.05) is 13.7 Å². The van der Waals surface area contributed by atoms with Crippen molar-refractivity contribution in [1.29, 1.82) is 0 Å². The van der Waals surface area contributed by atoms with Crippen LogP contribution in [-0.2, 0) is 10.2 Å². The summed E-state index contributed by atoms with van der Waals surface area (Å²) < 4.78 is 16.2. The minimum Gasteiger partial charge on any atom is -0.493 e. The Balaban J connectivity index is 2.08. The number of ether oxygens (including phenoxy) is 3. The minimum atomic E-state index is -0.449. The molecule has 0 aliphatic rings. The third-order valence-electron chi connectivity index (χ3n) is 3.58. The van der Waals surface area contributed by atoms with Crippen LogP contribution in [0.1, 0.15) is 31.9 Å². The molecule has 2 aromatic carbocycles. The fourth-order valence-electron chi connectivity index (χ4n) is 2.35. The molecule has 2 aromatic rings. The second kappa shape index (κ2) is 7.39. The molecule has 128 valence electrons. The van der Waals surface area contributed by atoms with Crippen LogP contribution < -0.4 is 14.2 Å². The van der Waals surface area contributed by atoms with E-state index < -0.39 is 5.97 Å². The Labute approximate surface area is 143 Å². The van der Waals surface area contributed by atoms with Gasteiger partial charge in [-0.2, -0.15) is 0 Å². The zero-order valence-electron chi connectivity index (χ0n) is 14.9. The van der Waals surface area contributed by atoms with Crippen molar-refractivity contribution in [2.24, 2.45) is 0 Å². The highest BCUT2D eigenvalue weighted by molar-refractivity contribution is 5.74. The first-order valence-corrected chi connectivity index (χ1v) is 7.89. The van der Waals surface area contributed by atoms with E-state index in [9.17, 15) is 4.79 Å². The average Bonchev–Trinajstić information content (AvgIpc) is 2.54. The number of aryl methyl sites for hydroxylation is 1. The SMILES string of the molecule is COc1ccccc1OCC(=O)Oc1ccc(C)cc1C(C)(C)C. The van der Waals surface area contributed by atoms with E-state index in [-0.39, 0.29) is 12.0 Å². The first kappa shape index (κ1) is 17.9. The number of para-hydroxylation sites is 2. The van der Waals surface area contributed by atoms with E-state index in [1.807, 2.05) is 37.3 Å². The van der Waals surface area contributed by atoms with E-state index in [0.717, 1.165) is 11.1 Å².